The summed E-state index contributed by atoms with van der Waals surface area (Å²) in [6.45, 7) is 7.62. The number of aliphatic hydroxyl groups is 1. The number of phenolic OH excluding ortho intramolecular Hbond substituents is 1. The van der Waals surface area contributed by atoms with Crippen molar-refractivity contribution in [3.05, 3.63) is 58.5 Å². The lowest BCUT2D eigenvalue weighted by Gasteiger charge is -2.47. The fourth-order valence-corrected chi connectivity index (χ4v) is 2.78. The molecule has 2 heterocycles. The molecule has 1 aliphatic heterocycles. The summed E-state index contributed by atoms with van der Waals surface area (Å²) in [5.41, 5.74) is 0.0254. The quantitative estimate of drug-likeness (QED) is 0.837. The molecule has 106 valence electrons. The standard InChI is InChI=1S/C15H12ClN3O2/c1-17-10-2-5-14(18-7-10)19-8-15(21,9-19)12-4-3-11(20)6-13(12)16/h2-7,20-21H,8-9H2. The van der Waals surface area contributed by atoms with Gasteiger partial charge in [0, 0.05) is 11.8 Å². The Bertz CT molecular complexity index is 719. The van der Waals surface area contributed by atoms with Gasteiger partial charge < -0.3 is 15.1 Å². The third-order valence-corrected chi connectivity index (χ3v) is 3.86. The van der Waals surface area contributed by atoms with Crippen molar-refractivity contribution in [2.75, 3.05) is 18.0 Å². The van der Waals surface area contributed by atoms with E-state index in [1.807, 2.05) is 4.90 Å². The SMILES string of the molecule is [C-]#[N+]c1ccc(N2CC(O)(c3ccc(O)cc3Cl)C2)nc1. The molecule has 21 heavy (non-hydrogen) atoms. The van der Waals surface area contributed by atoms with Crippen LogP contribution in [0.1, 0.15) is 5.56 Å². The second-order valence-corrected chi connectivity index (χ2v) is 5.45. The Morgan fingerprint density at radius 3 is 2.62 bits per heavy atom. The van der Waals surface area contributed by atoms with E-state index in [1.165, 1.54) is 18.3 Å². The van der Waals surface area contributed by atoms with Crippen LogP contribution in [0, 0.1) is 6.57 Å². The number of benzene rings is 1. The highest BCUT2D eigenvalue weighted by Crippen LogP contribution is 2.39. The normalized spacial score (nSPS) is 16.1. The zero-order valence-corrected chi connectivity index (χ0v) is 11.7. The Morgan fingerprint density at radius 1 is 1.29 bits per heavy atom. The van der Waals surface area contributed by atoms with Crippen LogP contribution in [-0.2, 0) is 5.60 Å². The van der Waals surface area contributed by atoms with Crippen LogP contribution in [0.5, 0.6) is 5.75 Å². The Morgan fingerprint density at radius 2 is 2.05 bits per heavy atom. The summed E-state index contributed by atoms with van der Waals surface area (Å²) in [4.78, 5) is 9.38. The van der Waals surface area contributed by atoms with Gasteiger partial charge >= 0.3 is 0 Å². The Hall–Kier alpha value is -2.29. The summed E-state index contributed by atoms with van der Waals surface area (Å²) in [5, 5.41) is 20.3. The molecule has 0 bridgehead atoms. The first-order valence-electron chi connectivity index (χ1n) is 6.32. The van der Waals surface area contributed by atoms with Gasteiger partial charge in [-0.3, -0.25) is 4.98 Å². The predicted octanol–water partition coefficient (Wildman–Crippen LogP) is 2.70. The molecule has 1 saturated heterocycles. The van der Waals surface area contributed by atoms with Crippen LogP contribution in [0.2, 0.25) is 5.02 Å². The minimum atomic E-state index is -1.05. The first kappa shape index (κ1) is 13.7. The molecule has 0 amide bonds. The summed E-state index contributed by atoms with van der Waals surface area (Å²) >= 11 is 6.07. The molecule has 1 aromatic carbocycles. The third kappa shape index (κ3) is 2.40. The molecular weight excluding hydrogens is 290 g/mol. The Labute approximate surface area is 126 Å². The molecule has 0 atom stereocenters. The van der Waals surface area contributed by atoms with E-state index in [0.717, 1.165) is 0 Å². The first-order chi connectivity index (χ1) is 10.0. The average molecular weight is 302 g/mol. The van der Waals surface area contributed by atoms with Gasteiger partial charge in [-0.15, -0.1) is 0 Å². The summed E-state index contributed by atoms with van der Waals surface area (Å²) in [6.07, 6.45) is 1.51. The number of aromatic hydroxyl groups is 1. The molecule has 1 aliphatic rings. The second kappa shape index (κ2) is 4.92. The van der Waals surface area contributed by atoms with E-state index >= 15 is 0 Å². The van der Waals surface area contributed by atoms with Crippen molar-refractivity contribution in [2.24, 2.45) is 0 Å². The smallest absolute Gasteiger partial charge is 0.205 e. The number of nitrogens with zero attached hydrogens (tertiary/aromatic N) is 3. The van der Waals surface area contributed by atoms with Gasteiger partial charge in [-0.05, 0) is 18.2 Å². The highest BCUT2D eigenvalue weighted by molar-refractivity contribution is 6.31. The molecule has 1 fully saturated rings. The number of anilines is 1. The fourth-order valence-electron chi connectivity index (χ4n) is 2.43. The van der Waals surface area contributed by atoms with Crippen molar-refractivity contribution in [1.29, 1.82) is 0 Å². The van der Waals surface area contributed by atoms with Crippen LogP contribution in [0.15, 0.2) is 36.5 Å². The van der Waals surface area contributed by atoms with E-state index in [0.29, 0.717) is 35.2 Å². The second-order valence-electron chi connectivity index (χ2n) is 5.04. The van der Waals surface area contributed by atoms with Crippen LogP contribution in [-0.4, -0.2) is 28.3 Å². The summed E-state index contributed by atoms with van der Waals surface area (Å²) in [7, 11) is 0. The molecule has 2 aromatic rings. The van der Waals surface area contributed by atoms with Gasteiger partial charge in [0.05, 0.1) is 24.7 Å². The maximum Gasteiger partial charge on any atom is 0.205 e. The molecule has 0 spiro atoms. The largest absolute Gasteiger partial charge is 0.508 e. The van der Waals surface area contributed by atoms with Crippen molar-refractivity contribution >= 4 is 23.1 Å². The van der Waals surface area contributed by atoms with Crippen molar-refractivity contribution in [2.45, 2.75) is 5.60 Å². The number of phenols is 1. The molecule has 0 radical (unpaired) electrons. The average Bonchev–Trinajstić information content (AvgIpc) is 2.44. The van der Waals surface area contributed by atoms with Gasteiger partial charge in [0.1, 0.15) is 17.2 Å². The summed E-state index contributed by atoms with van der Waals surface area (Å²) in [5.74, 6) is 0.780. The van der Waals surface area contributed by atoms with Crippen LogP contribution >= 0.6 is 11.6 Å². The molecule has 2 N–H and O–H groups in total. The maximum atomic E-state index is 10.6. The van der Waals surface area contributed by atoms with E-state index in [2.05, 4.69) is 9.83 Å². The van der Waals surface area contributed by atoms with E-state index in [4.69, 9.17) is 18.2 Å². The lowest BCUT2D eigenvalue weighted by Crippen LogP contribution is -2.60. The van der Waals surface area contributed by atoms with Crippen LogP contribution in [0.3, 0.4) is 0 Å². The lowest BCUT2D eigenvalue weighted by molar-refractivity contribution is 0.00714. The third-order valence-electron chi connectivity index (χ3n) is 3.54. The summed E-state index contributed by atoms with van der Waals surface area (Å²) in [6, 6.07) is 8.00. The topological polar surface area (TPSA) is 61.0 Å². The minimum Gasteiger partial charge on any atom is -0.508 e. The van der Waals surface area contributed by atoms with Crippen molar-refractivity contribution in [3.8, 4) is 5.75 Å². The molecule has 0 unspecified atom stereocenters. The molecule has 0 saturated carbocycles. The predicted molar refractivity (Wildman–Crippen MR) is 79.7 cm³/mol. The Kier molecular flexibility index (Phi) is 3.20. The van der Waals surface area contributed by atoms with Gasteiger partial charge in [0.2, 0.25) is 5.69 Å². The van der Waals surface area contributed by atoms with Crippen molar-refractivity contribution in [1.82, 2.24) is 4.98 Å². The number of hydrogen-bond acceptors (Lipinski definition) is 4. The monoisotopic (exact) mass is 301 g/mol. The molecular formula is C15H12ClN3O2. The minimum absolute atomic E-state index is 0.0694. The number of pyridine rings is 1. The van der Waals surface area contributed by atoms with Crippen LogP contribution in [0.4, 0.5) is 11.5 Å². The van der Waals surface area contributed by atoms with E-state index in [1.54, 1.807) is 18.2 Å². The number of rotatable bonds is 2. The zero-order valence-electron chi connectivity index (χ0n) is 11.0. The van der Waals surface area contributed by atoms with Gasteiger partial charge in [-0.1, -0.05) is 23.7 Å². The molecule has 5 nitrogen and oxygen atoms in total. The maximum absolute atomic E-state index is 10.6. The molecule has 0 aliphatic carbocycles. The Balaban J connectivity index is 1.78. The van der Waals surface area contributed by atoms with Gasteiger partial charge in [-0.2, -0.15) is 0 Å². The molecule has 6 heteroatoms. The first-order valence-corrected chi connectivity index (χ1v) is 6.69. The highest BCUT2D eigenvalue weighted by atomic mass is 35.5. The molecule has 1 aromatic heterocycles. The number of halogens is 1. The number of β-amino-alcohol motifs (C(OH)–C–C–N with tert-alkyl or cyclic N) is 1. The lowest BCUT2D eigenvalue weighted by atomic mass is 9.86. The van der Waals surface area contributed by atoms with E-state index < -0.39 is 5.60 Å². The van der Waals surface area contributed by atoms with Crippen LogP contribution < -0.4 is 4.90 Å². The van der Waals surface area contributed by atoms with E-state index in [-0.39, 0.29) is 5.75 Å². The highest BCUT2D eigenvalue weighted by Gasteiger charge is 2.44. The van der Waals surface area contributed by atoms with Crippen LogP contribution in [0.25, 0.3) is 4.85 Å². The summed E-state index contributed by atoms with van der Waals surface area (Å²) < 4.78 is 0. The number of aromatic nitrogens is 1. The fraction of sp³-hybridized carbons (Fsp3) is 0.200. The van der Waals surface area contributed by atoms with Gasteiger partial charge in [0.15, 0.2) is 0 Å². The zero-order chi connectivity index (χ0) is 15.0. The molecule has 3 rings (SSSR count). The van der Waals surface area contributed by atoms with Gasteiger partial charge in [0.25, 0.3) is 0 Å². The van der Waals surface area contributed by atoms with Crippen molar-refractivity contribution in [3.63, 3.8) is 0 Å². The van der Waals surface area contributed by atoms with E-state index in [9.17, 15) is 10.2 Å². The number of hydrogen-bond donors (Lipinski definition) is 2. The van der Waals surface area contributed by atoms with Gasteiger partial charge in [-0.25, -0.2) is 4.85 Å². The van der Waals surface area contributed by atoms with Crippen molar-refractivity contribution < 1.29 is 10.2 Å².